The van der Waals surface area contributed by atoms with E-state index in [0.717, 1.165) is 44.1 Å². The lowest BCUT2D eigenvalue weighted by Crippen LogP contribution is -2.44. The van der Waals surface area contributed by atoms with Gasteiger partial charge in [-0.25, -0.2) is 13.2 Å². The quantitative estimate of drug-likeness (QED) is 0.193. The second-order valence-corrected chi connectivity index (χ2v) is 13.7. The van der Waals surface area contributed by atoms with Crippen LogP contribution in [-0.4, -0.2) is 96.7 Å². The van der Waals surface area contributed by atoms with Gasteiger partial charge in [-0.15, -0.1) is 0 Å². The summed E-state index contributed by atoms with van der Waals surface area (Å²) in [5.41, 5.74) is 0.485. The molecular weight excluding hydrogens is 492 g/mol. The molecule has 0 bridgehead atoms. The minimum Gasteiger partial charge on any atom is -0.744 e. The van der Waals surface area contributed by atoms with Crippen molar-refractivity contribution in [3.05, 3.63) is 29.8 Å². The van der Waals surface area contributed by atoms with Crippen molar-refractivity contribution in [2.45, 2.75) is 57.1 Å². The van der Waals surface area contributed by atoms with Crippen molar-refractivity contribution in [1.82, 2.24) is 4.90 Å². The van der Waals surface area contributed by atoms with Gasteiger partial charge in [-0.1, -0.05) is 17.7 Å². The highest BCUT2D eigenvalue weighted by Gasteiger charge is 2.37. The van der Waals surface area contributed by atoms with Gasteiger partial charge in [-0.2, -0.15) is 0 Å². The van der Waals surface area contributed by atoms with Crippen LogP contribution in [0.1, 0.15) is 39.2 Å². The summed E-state index contributed by atoms with van der Waals surface area (Å²) in [4.78, 5) is 14.0. The van der Waals surface area contributed by atoms with E-state index in [1.54, 1.807) is 33.5 Å². The van der Waals surface area contributed by atoms with E-state index in [0.29, 0.717) is 6.54 Å². The second-order valence-electron chi connectivity index (χ2n) is 9.23. The molecule has 0 unspecified atom stereocenters. The van der Waals surface area contributed by atoms with Gasteiger partial charge < -0.3 is 22.6 Å². The van der Waals surface area contributed by atoms with Gasteiger partial charge in [0.25, 0.3) is 0 Å². The van der Waals surface area contributed by atoms with Crippen LogP contribution in [0, 0.1) is 6.92 Å². The predicted octanol–water partition coefficient (Wildman–Crippen LogP) is 2.24. The highest BCUT2D eigenvalue weighted by molar-refractivity contribution is 7.85. The molecule has 0 radical (unpaired) electrons. The number of nitrogens with zero attached hydrogens (tertiary/aromatic N) is 2. The Labute approximate surface area is 210 Å². The number of aryl methyl sites for hydroxylation is 1. The standard InChI is InChI=1S/C16H33N2O5Si.C7H8O3S/c1-16(2,3)23-15(19)13-18-10-7-9-17(14-18)11-8-12-24(20-4,21-5)22-6;1-6-2-4-7(5-3-6)11(8,9)10/h14H,7-13H2,1-6H3;2-5H,1H3,(H,8,9,10)/q+1;/p-1. The lowest BCUT2D eigenvalue weighted by atomic mass is 10.2. The van der Waals surface area contributed by atoms with Crippen molar-refractivity contribution in [3.63, 3.8) is 0 Å². The molecule has 1 heterocycles. The van der Waals surface area contributed by atoms with Crippen molar-refractivity contribution in [1.29, 1.82) is 0 Å². The Morgan fingerprint density at radius 3 is 2.17 bits per heavy atom. The van der Waals surface area contributed by atoms with Crippen LogP contribution in [0.2, 0.25) is 6.04 Å². The fourth-order valence-corrected chi connectivity index (χ4v) is 5.59. The summed E-state index contributed by atoms with van der Waals surface area (Å²) >= 11 is 0. The summed E-state index contributed by atoms with van der Waals surface area (Å²) in [6.45, 7) is 10.5. The first-order valence-electron chi connectivity index (χ1n) is 11.5. The van der Waals surface area contributed by atoms with E-state index >= 15 is 0 Å². The highest BCUT2D eigenvalue weighted by atomic mass is 32.2. The van der Waals surface area contributed by atoms with E-state index < -0.39 is 24.5 Å². The van der Waals surface area contributed by atoms with Gasteiger partial charge in [0.05, 0.1) is 24.5 Å². The maximum Gasteiger partial charge on any atom is 0.500 e. The molecule has 200 valence electrons. The smallest absolute Gasteiger partial charge is 0.500 e. The molecule has 0 saturated carbocycles. The SMILES string of the molecule is CO[Si](CCCN1C=[N+](CC(=O)OC(C)(C)C)CCC1)(OC)OC.Cc1ccc(S(=O)(=O)[O-])cc1. The molecule has 1 aliphatic heterocycles. The van der Waals surface area contributed by atoms with Crippen LogP contribution in [0.25, 0.3) is 0 Å². The molecule has 2 rings (SSSR count). The van der Waals surface area contributed by atoms with Gasteiger partial charge in [0.15, 0.2) is 6.54 Å². The van der Waals surface area contributed by atoms with Gasteiger partial charge >= 0.3 is 14.8 Å². The number of carbonyl (C=O) groups is 1. The summed E-state index contributed by atoms with van der Waals surface area (Å²) in [7, 11) is -1.87. The van der Waals surface area contributed by atoms with Crippen molar-refractivity contribution in [3.8, 4) is 0 Å². The Kier molecular flexibility index (Phi) is 12.5. The Balaban J connectivity index is 0.000000462. The Bertz CT molecular complexity index is 918. The molecular formula is C23H40N2O8SSi. The van der Waals surface area contributed by atoms with Crippen LogP contribution >= 0.6 is 0 Å². The molecule has 0 fully saturated rings. The number of hydrogen-bond acceptors (Lipinski definition) is 9. The molecule has 0 amide bonds. The van der Waals surface area contributed by atoms with Crippen LogP contribution in [0.5, 0.6) is 0 Å². The Morgan fingerprint density at radius 1 is 1.11 bits per heavy atom. The van der Waals surface area contributed by atoms with E-state index in [-0.39, 0.29) is 10.9 Å². The third-order valence-corrected chi connectivity index (χ3v) is 8.82. The predicted molar refractivity (Wildman–Crippen MR) is 133 cm³/mol. The highest BCUT2D eigenvalue weighted by Crippen LogP contribution is 2.15. The Hall–Kier alpha value is -1.83. The number of ether oxygens (including phenoxy) is 1. The zero-order valence-electron chi connectivity index (χ0n) is 21.9. The molecule has 1 aromatic carbocycles. The van der Waals surface area contributed by atoms with Gasteiger partial charge in [0.1, 0.15) is 15.7 Å². The summed E-state index contributed by atoms with van der Waals surface area (Å²) in [6.07, 6.45) is 3.97. The third kappa shape index (κ3) is 12.1. The van der Waals surface area contributed by atoms with Gasteiger partial charge in [0, 0.05) is 33.8 Å². The maximum absolute atomic E-state index is 11.9. The molecule has 10 nitrogen and oxygen atoms in total. The molecule has 0 N–H and O–H groups in total. The minimum absolute atomic E-state index is 0.178. The molecule has 0 saturated heterocycles. The third-order valence-electron chi connectivity index (χ3n) is 5.14. The van der Waals surface area contributed by atoms with Crippen molar-refractivity contribution in [2.75, 3.05) is 47.5 Å². The number of hydrogen-bond donors (Lipinski definition) is 0. The zero-order chi connectivity index (χ0) is 26.7. The van der Waals surface area contributed by atoms with Crippen molar-refractivity contribution in [2.24, 2.45) is 0 Å². The first kappa shape index (κ1) is 31.2. The molecule has 0 atom stereocenters. The van der Waals surface area contributed by atoms with E-state index in [9.17, 15) is 17.8 Å². The molecule has 1 aliphatic rings. The maximum atomic E-state index is 11.9. The number of benzene rings is 1. The average Bonchev–Trinajstić information content (AvgIpc) is 2.76. The number of rotatable bonds is 10. The summed E-state index contributed by atoms with van der Waals surface area (Å²) in [5.74, 6) is -0.190. The van der Waals surface area contributed by atoms with Crippen molar-refractivity contribution >= 4 is 31.2 Å². The van der Waals surface area contributed by atoms with E-state index in [4.69, 9.17) is 18.0 Å². The molecule has 0 aliphatic carbocycles. The monoisotopic (exact) mass is 532 g/mol. The normalized spacial score (nSPS) is 14.6. The lowest BCUT2D eigenvalue weighted by molar-refractivity contribution is -0.524. The molecule has 1 aromatic rings. The first-order chi connectivity index (χ1) is 16.2. The fraction of sp³-hybridized carbons (Fsp3) is 0.652. The molecule has 0 aromatic heterocycles. The summed E-state index contributed by atoms with van der Waals surface area (Å²) in [5, 5.41) is 0. The number of esters is 1. The number of carbonyl (C=O) groups excluding carboxylic acids is 1. The van der Waals surface area contributed by atoms with Crippen LogP contribution in [0.15, 0.2) is 29.2 Å². The molecule has 35 heavy (non-hydrogen) atoms. The van der Waals surface area contributed by atoms with Crippen LogP contribution in [0.4, 0.5) is 0 Å². The zero-order valence-corrected chi connectivity index (χ0v) is 23.7. The summed E-state index contributed by atoms with van der Waals surface area (Å²) < 4.78 is 54.9. The van der Waals surface area contributed by atoms with Gasteiger partial charge in [0.2, 0.25) is 6.34 Å². The van der Waals surface area contributed by atoms with E-state index in [1.165, 1.54) is 12.1 Å². The lowest BCUT2D eigenvalue weighted by Gasteiger charge is -2.25. The summed E-state index contributed by atoms with van der Waals surface area (Å²) in [6, 6.07) is 6.55. The molecule has 12 heteroatoms. The van der Waals surface area contributed by atoms with Crippen LogP contribution in [-0.2, 0) is 32.9 Å². The average molecular weight is 533 g/mol. The topological polar surface area (TPSA) is 117 Å². The molecule has 0 spiro atoms. The fourth-order valence-electron chi connectivity index (χ4n) is 3.41. The largest absolute Gasteiger partial charge is 0.744 e. The second kappa shape index (κ2) is 14.0. The minimum atomic E-state index is -4.27. The van der Waals surface area contributed by atoms with E-state index in [2.05, 4.69) is 4.90 Å². The van der Waals surface area contributed by atoms with E-state index in [1.807, 2.05) is 38.6 Å². The van der Waals surface area contributed by atoms with Gasteiger partial charge in [-0.3, -0.25) is 9.48 Å². The van der Waals surface area contributed by atoms with Crippen molar-refractivity contribution < 1.29 is 40.4 Å². The van der Waals surface area contributed by atoms with Gasteiger partial charge in [-0.05, 0) is 46.2 Å². The van der Waals surface area contributed by atoms with Crippen LogP contribution < -0.4 is 0 Å². The van der Waals surface area contributed by atoms with Crippen LogP contribution in [0.3, 0.4) is 0 Å². The first-order valence-corrected chi connectivity index (χ1v) is 14.8. The Morgan fingerprint density at radius 2 is 1.69 bits per heavy atom.